The zero-order valence-corrected chi connectivity index (χ0v) is 13.4. The molecule has 1 aromatic carbocycles. The summed E-state index contributed by atoms with van der Waals surface area (Å²) in [6, 6.07) is 6.79. The van der Waals surface area contributed by atoms with Crippen LogP contribution in [-0.4, -0.2) is 55.2 Å². The van der Waals surface area contributed by atoms with Gasteiger partial charge in [0.15, 0.2) is 0 Å². The molecule has 4 heteroatoms. The maximum Gasteiger partial charge on any atom is 0.128 e. The zero-order valence-electron chi connectivity index (χ0n) is 13.4. The molecular formula is C17H27N3O. The third kappa shape index (κ3) is 2.93. The number of likely N-dealkylation sites (N-methyl/N-ethyl adjacent to an activating group) is 1. The van der Waals surface area contributed by atoms with Gasteiger partial charge in [0.2, 0.25) is 0 Å². The summed E-state index contributed by atoms with van der Waals surface area (Å²) in [6.45, 7) is 9.32. The van der Waals surface area contributed by atoms with Crippen molar-refractivity contribution in [2.24, 2.45) is 5.73 Å². The maximum atomic E-state index is 6.23. The van der Waals surface area contributed by atoms with Gasteiger partial charge in [-0.1, -0.05) is 18.2 Å². The summed E-state index contributed by atoms with van der Waals surface area (Å²) in [5.41, 5.74) is 8.62. The van der Waals surface area contributed by atoms with Gasteiger partial charge in [-0.15, -0.1) is 0 Å². The van der Waals surface area contributed by atoms with Gasteiger partial charge in [0.1, 0.15) is 11.4 Å². The number of ether oxygens (including phenoxy) is 1. The number of benzene rings is 1. The van der Waals surface area contributed by atoms with Crippen molar-refractivity contribution in [1.82, 2.24) is 9.80 Å². The van der Waals surface area contributed by atoms with E-state index in [0.29, 0.717) is 6.54 Å². The first-order valence-electron chi connectivity index (χ1n) is 7.93. The number of fused-ring (bicyclic) bond motifs is 1. The fourth-order valence-electron chi connectivity index (χ4n) is 3.51. The molecule has 2 aliphatic heterocycles. The lowest BCUT2D eigenvalue weighted by molar-refractivity contribution is 0.106. The quantitative estimate of drug-likeness (QED) is 0.919. The van der Waals surface area contributed by atoms with E-state index < -0.39 is 0 Å². The van der Waals surface area contributed by atoms with E-state index >= 15 is 0 Å². The maximum absolute atomic E-state index is 6.23. The van der Waals surface area contributed by atoms with Gasteiger partial charge >= 0.3 is 0 Å². The van der Waals surface area contributed by atoms with Crippen LogP contribution in [0, 0.1) is 0 Å². The summed E-state index contributed by atoms with van der Waals surface area (Å²) in [5, 5.41) is 0. The second-order valence-electron chi connectivity index (χ2n) is 6.96. The van der Waals surface area contributed by atoms with Crippen molar-refractivity contribution >= 4 is 0 Å². The predicted octanol–water partition coefficient (Wildman–Crippen LogP) is 1.65. The van der Waals surface area contributed by atoms with Crippen molar-refractivity contribution in [3.05, 3.63) is 29.3 Å². The Kier molecular flexibility index (Phi) is 3.95. The highest BCUT2D eigenvalue weighted by atomic mass is 16.5. The monoisotopic (exact) mass is 289 g/mol. The van der Waals surface area contributed by atoms with Crippen LogP contribution >= 0.6 is 0 Å². The molecule has 2 aliphatic rings. The van der Waals surface area contributed by atoms with E-state index in [-0.39, 0.29) is 11.6 Å². The highest BCUT2D eigenvalue weighted by Crippen LogP contribution is 2.41. The minimum atomic E-state index is -0.0975. The fraction of sp³-hybridized carbons (Fsp3) is 0.647. The van der Waals surface area contributed by atoms with E-state index in [1.54, 1.807) is 0 Å². The Morgan fingerprint density at radius 3 is 2.62 bits per heavy atom. The summed E-state index contributed by atoms with van der Waals surface area (Å²) in [4.78, 5) is 4.88. The molecule has 0 bridgehead atoms. The SMILES string of the molecule is CN1CCN(C(CN)c2cccc3c2OC(C)(C)C3)CC1. The minimum absolute atomic E-state index is 0.0975. The summed E-state index contributed by atoms with van der Waals surface area (Å²) >= 11 is 0. The number of piperazine rings is 1. The topological polar surface area (TPSA) is 41.7 Å². The summed E-state index contributed by atoms with van der Waals surface area (Å²) < 4.78 is 6.23. The van der Waals surface area contributed by atoms with E-state index in [2.05, 4.69) is 48.9 Å². The Bertz CT molecular complexity index is 507. The van der Waals surface area contributed by atoms with Gasteiger partial charge < -0.3 is 15.4 Å². The van der Waals surface area contributed by atoms with Crippen LogP contribution < -0.4 is 10.5 Å². The highest BCUT2D eigenvalue weighted by Gasteiger charge is 2.34. The molecule has 0 radical (unpaired) electrons. The molecule has 21 heavy (non-hydrogen) atoms. The molecule has 0 aromatic heterocycles. The standard InChI is InChI=1S/C17H27N3O/c1-17(2)11-13-5-4-6-14(16(13)21-17)15(12-18)20-9-7-19(3)8-10-20/h4-6,15H,7-12,18H2,1-3H3. The number of hydrogen-bond acceptors (Lipinski definition) is 4. The molecule has 2 heterocycles. The smallest absolute Gasteiger partial charge is 0.128 e. The normalized spacial score (nSPS) is 23.6. The van der Waals surface area contributed by atoms with Crippen molar-refractivity contribution in [1.29, 1.82) is 0 Å². The highest BCUT2D eigenvalue weighted by molar-refractivity contribution is 5.47. The van der Waals surface area contributed by atoms with Gasteiger partial charge in [0, 0.05) is 44.7 Å². The lowest BCUT2D eigenvalue weighted by Crippen LogP contribution is -2.47. The van der Waals surface area contributed by atoms with Crippen LogP contribution in [0.1, 0.15) is 31.0 Å². The Balaban J connectivity index is 1.87. The molecule has 2 N–H and O–H groups in total. The average molecular weight is 289 g/mol. The van der Waals surface area contributed by atoms with Gasteiger partial charge in [-0.3, -0.25) is 4.90 Å². The molecule has 0 spiro atoms. The first-order valence-corrected chi connectivity index (χ1v) is 7.93. The lowest BCUT2D eigenvalue weighted by atomic mass is 9.97. The van der Waals surface area contributed by atoms with Gasteiger partial charge in [-0.25, -0.2) is 0 Å². The van der Waals surface area contributed by atoms with E-state index in [0.717, 1.165) is 38.3 Å². The van der Waals surface area contributed by atoms with Crippen LogP contribution in [0.4, 0.5) is 0 Å². The molecule has 0 saturated carbocycles. The van der Waals surface area contributed by atoms with Crippen molar-refractivity contribution in [2.75, 3.05) is 39.8 Å². The van der Waals surface area contributed by atoms with Crippen LogP contribution in [-0.2, 0) is 6.42 Å². The zero-order chi connectivity index (χ0) is 15.0. The van der Waals surface area contributed by atoms with E-state index in [1.165, 1.54) is 11.1 Å². The lowest BCUT2D eigenvalue weighted by Gasteiger charge is -2.38. The Hall–Kier alpha value is -1.10. The third-order valence-electron chi connectivity index (χ3n) is 4.68. The van der Waals surface area contributed by atoms with Gasteiger partial charge in [-0.05, 0) is 26.5 Å². The van der Waals surface area contributed by atoms with E-state index in [4.69, 9.17) is 10.5 Å². The van der Waals surface area contributed by atoms with Gasteiger partial charge in [-0.2, -0.15) is 0 Å². The molecule has 116 valence electrons. The molecule has 0 aliphatic carbocycles. The first kappa shape index (κ1) is 14.8. The third-order valence-corrected chi connectivity index (χ3v) is 4.68. The molecule has 1 saturated heterocycles. The Morgan fingerprint density at radius 2 is 1.95 bits per heavy atom. The minimum Gasteiger partial charge on any atom is -0.487 e. The molecule has 1 fully saturated rings. The van der Waals surface area contributed by atoms with E-state index in [1.807, 2.05) is 0 Å². The van der Waals surface area contributed by atoms with Crippen molar-refractivity contribution < 1.29 is 4.74 Å². The molecular weight excluding hydrogens is 262 g/mol. The second kappa shape index (κ2) is 5.59. The second-order valence-corrected chi connectivity index (χ2v) is 6.96. The van der Waals surface area contributed by atoms with Crippen LogP contribution in [0.2, 0.25) is 0 Å². The Labute approximate surface area is 127 Å². The molecule has 4 nitrogen and oxygen atoms in total. The van der Waals surface area contributed by atoms with Gasteiger partial charge in [0.05, 0.1) is 6.04 Å². The number of nitrogens with zero attached hydrogens (tertiary/aromatic N) is 2. The molecule has 0 amide bonds. The van der Waals surface area contributed by atoms with Crippen molar-refractivity contribution in [2.45, 2.75) is 31.9 Å². The van der Waals surface area contributed by atoms with Crippen molar-refractivity contribution in [3.8, 4) is 5.75 Å². The van der Waals surface area contributed by atoms with Crippen LogP contribution in [0.25, 0.3) is 0 Å². The Morgan fingerprint density at radius 1 is 1.24 bits per heavy atom. The first-order chi connectivity index (χ1) is 10.00. The van der Waals surface area contributed by atoms with Crippen molar-refractivity contribution in [3.63, 3.8) is 0 Å². The largest absolute Gasteiger partial charge is 0.487 e. The molecule has 1 atom stereocenters. The van der Waals surface area contributed by atoms with E-state index in [9.17, 15) is 0 Å². The summed E-state index contributed by atoms with van der Waals surface area (Å²) in [5.74, 6) is 1.08. The molecule has 3 rings (SSSR count). The van der Waals surface area contributed by atoms with Crippen LogP contribution in [0.15, 0.2) is 18.2 Å². The molecule has 1 aromatic rings. The number of hydrogen-bond donors (Lipinski definition) is 1. The number of nitrogens with two attached hydrogens (primary N) is 1. The number of rotatable bonds is 3. The summed E-state index contributed by atoms with van der Waals surface area (Å²) in [7, 11) is 2.18. The average Bonchev–Trinajstić information content (AvgIpc) is 2.76. The fourth-order valence-corrected chi connectivity index (χ4v) is 3.51. The van der Waals surface area contributed by atoms with Crippen LogP contribution in [0.3, 0.4) is 0 Å². The number of para-hydroxylation sites is 1. The predicted molar refractivity (Wildman–Crippen MR) is 85.7 cm³/mol. The van der Waals surface area contributed by atoms with Crippen LogP contribution in [0.5, 0.6) is 5.75 Å². The van der Waals surface area contributed by atoms with Gasteiger partial charge in [0.25, 0.3) is 0 Å². The molecule has 1 unspecified atom stereocenters. The summed E-state index contributed by atoms with van der Waals surface area (Å²) in [6.07, 6.45) is 0.982.